The molecule has 3 aromatic heterocycles. The van der Waals surface area contributed by atoms with Gasteiger partial charge < -0.3 is 14.7 Å². The highest BCUT2D eigenvalue weighted by Crippen LogP contribution is 2.30. The number of aromatic nitrogens is 3. The Labute approximate surface area is 158 Å². The van der Waals surface area contributed by atoms with E-state index in [2.05, 4.69) is 15.1 Å². The second-order valence-electron chi connectivity index (χ2n) is 5.72. The minimum absolute atomic E-state index is 0.0185. The number of benzene rings is 1. The number of hydrogen-bond donors (Lipinski definition) is 2. The Bertz CT molecular complexity index is 1110. The molecule has 28 heavy (non-hydrogen) atoms. The van der Waals surface area contributed by atoms with Crippen molar-refractivity contribution in [3.63, 3.8) is 0 Å². The Hall–Kier alpha value is -3.98. The van der Waals surface area contributed by atoms with Crippen LogP contribution in [0.2, 0.25) is 0 Å². The van der Waals surface area contributed by atoms with Crippen LogP contribution >= 0.6 is 0 Å². The van der Waals surface area contributed by atoms with Crippen LogP contribution < -0.4 is 16.6 Å². The van der Waals surface area contributed by atoms with Crippen LogP contribution in [0.15, 0.2) is 76.1 Å². The number of para-hydroxylation sites is 1. The van der Waals surface area contributed by atoms with E-state index >= 15 is 0 Å². The summed E-state index contributed by atoms with van der Waals surface area (Å²) in [5, 5.41) is 5.00. The first-order valence-corrected chi connectivity index (χ1v) is 8.22. The van der Waals surface area contributed by atoms with E-state index in [4.69, 9.17) is 20.5 Å². The van der Waals surface area contributed by atoms with Gasteiger partial charge in [-0.15, -0.1) is 0 Å². The lowest BCUT2D eigenvalue weighted by molar-refractivity contribution is 0.406. The number of halogens is 1. The quantitative estimate of drug-likeness (QED) is 0.402. The number of pyridine rings is 1. The first-order chi connectivity index (χ1) is 13.6. The second kappa shape index (κ2) is 7.33. The third-order valence-electron chi connectivity index (χ3n) is 3.96. The average Bonchev–Trinajstić information content (AvgIpc) is 3.41. The summed E-state index contributed by atoms with van der Waals surface area (Å²) >= 11 is 0. The minimum atomic E-state index is -0.508. The minimum Gasteiger partial charge on any atom is -0.461 e. The van der Waals surface area contributed by atoms with E-state index in [0.29, 0.717) is 11.3 Å². The first kappa shape index (κ1) is 17.4. The molecule has 0 unspecified atom stereocenters. The smallest absolute Gasteiger partial charge is 0.276 e. The highest BCUT2D eigenvalue weighted by molar-refractivity contribution is 5.93. The molecule has 0 aliphatic rings. The average molecular weight is 378 g/mol. The van der Waals surface area contributed by atoms with Crippen LogP contribution in [-0.4, -0.2) is 15.1 Å². The zero-order valence-corrected chi connectivity index (χ0v) is 14.5. The van der Waals surface area contributed by atoms with Crippen molar-refractivity contribution >= 4 is 17.1 Å². The SMILES string of the molecule is N/C(=C(/c1ccncc1)N(N)c1ccccc1F)c1nc(-c2ccco2)no1. The van der Waals surface area contributed by atoms with E-state index in [1.807, 2.05) is 0 Å². The topological polar surface area (TPSA) is 120 Å². The van der Waals surface area contributed by atoms with Crippen molar-refractivity contribution in [1.29, 1.82) is 0 Å². The van der Waals surface area contributed by atoms with Gasteiger partial charge in [0.2, 0.25) is 5.82 Å². The molecule has 0 bridgehead atoms. The molecule has 0 spiro atoms. The maximum absolute atomic E-state index is 14.3. The van der Waals surface area contributed by atoms with E-state index < -0.39 is 5.82 Å². The third kappa shape index (κ3) is 3.21. The summed E-state index contributed by atoms with van der Waals surface area (Å²) < 4.78 is 24.8. The maximum Gasteiger partial charge on any atom is 0.276 e. The zero-order chi connectivity index (χ0) is 19.5. The molecule has 8 nitrogen and oxygen atoms in total. The second-order valence-corrected chi connectivity index (χ2v) is 5.72. The van der Waals surface area contributed by atoms with Crippen molar-refractivity contribution in [1.82, 2.24) is 15.1 Å². The Balaban J connectivity index is 1.84. The number of anilines is 1. The molecule has 0 radical (unpaired) electrons. The van der Waals surface area contributed by atoms with Gasteiger partial charge in [-0.2, -0.15) is 4.98 Å². The molecule has 0 saturated carbocycles. The standard InChI is InChI=1S/C19H15FN6O2/c20-13-4-1-2-5-14(13)26(22)17(12-7-9-23-10-8-12)16(21)19-24-18(25-28-19)15-6-3-11-27-15/h1-11H,21-22H2/b17-16-. The van der Waals surface area contributed by atoms with Gasteiger partial charge in [-0.1, -0.05) is 17.3 Å². The van der Waals surface area contributed by atoms with Gasteiger partial charge in [-0.3, -0.25) is 9.99 Å². The predicted octanol–water partition coefficient (Wildman–Crippen LogP) is 3.03. The number of hydrazine groups is 1. The molecule has 140 valence electrons. The number of rotatable bonds is 5. The third-order valence-corrected chi connectivity index (χ3v) is 3.96. The molecule has 4 rings (SSSR count). The fourth-order valence-electron chi connectivity index (χ4n) is 2.64. The molecule has 0 saturated heterocycles. The molecule has 0 atom stereocenters. The van der Waals surface area contributed by atoms with Crippen molar-refractivity contribution < 1.29 is 13.3 Å². The van der Waals surface area contributed by atoms with E-state index in [1.54, 1.807) is 48.8 Å². The lowest BCUT2D eigenvalue weighted by atomic mass is 10.1. The Morgan fingerprint density at radius 3 is 2.54 bits per heavy atom. The molecular weight excluding hydrogens is 363 g/mol. The molecule has 3 heterocycles. The van der Waals surface area contributed by atoms with E-state index in [1.165, 1.54) is 18.4 Å². The highest BCUT2D eigenvalue weighted by Gasteiger charge is 2.22. The molecule has 0 amide bonds. The van der Waals surface area contributed by atoms with Gasteiger partial charge in [-0.25, -0.2) is 10.2 Å². The molecule has 4 N–H and O–H groups in total. The molecule has 4 aromatic rings. The molecule has 0 fully saturated rings. The van der Waals surface area contributed by atoms with Gasteiger partial charge in [0, 0.05) is 18.0 Å². The number of nitrogens with zero attached hydrogens (tertiary/aromatic N) is 4. The lowest BCUT2D eigenvalue weighted by Crippen LogP contribution is -2.32. The number of hydrogen-bond acceptors (Lipinski definition) is 8. The van der Waals surface area contributed by atoms with Crippen molar-refractivity contribution in [2.75, 3.05) is 5.01 Å². The van der Waals surface area contributed by atoms with Crippen LogP contribution in [0.4, 0.5) is 10.1 Å². The summed E-state index contributed by atoms with van der Waals surface area (Å²) in [5.74, 6) is 6.40. The largest absolute Gasteiger partial charge is 0.461 e. The van der Waals surface area contributed by atoms with Gasteiger partial charge in [0.05, 0.1) is 17.6 Å². The Morgan fingerprint density at radius 1 is 1.04 bits per heavy atom. The fraction of sp³-hybridized carbons (Fsp3) is 0. The number of furan rings is 1. The lowest BCUT2D eigenvalue weighted by Gasteiger charge is -2.23. The summed E-state index contributed by atoms with van der Waals surface area (Å²) in [4.78, 5) is 8.24. The molecule has 0 aliphatic heterocycles. The molecule has 1 aromatic carbocycles. The van der Waals surface area contributed by atoms with Crippen molar-refractivity contribution in [3.05, 3.63) is 84.5 Å². The van der Waals surface area contributed by atoms with Crippen LogP contribution in [0.25, 0.3) is 23.0 Å². The summed E-state index contributed by atoms with van der Waals surface area (Å²) in [6.45, 7) is 0. The summed E-state index contributed by atoms with van der Waals surface area (Å²) in [5.41, 5.74) is 7.39. The predicted molar refractivity (Wildman–Crippen MR) is 100 cm³/mol. The van der Waals surface area contributed by atoms with Gasteiger partial charge >= 0.3 is 0 Å². The van der Waals surface area contributed by atoms with Crippen LogP contribution in [0.3, 0.4) is 0 Å². The summed E-state index contributed by atoms with van der Waals surface area (Å²) in [6.07, 6.45) is 4.63. The van der Waals surface area contributed by atoms with Gasteiger partial charge in [0.1, 0.15) is 11.5 Å². The van der Waals surface area contributed by atoms with Crippen molar-refractivity contribution in [3.8, 4) is 11.6 Å². The summed E-state index contributed by atoms with van der Waals surface area (Å²) in [6, 6.07) is 12.8. The monoisotopic (exact) mass is 378 g/mol. The van der Waals surface area contributed by atoms with Crippen molar-refractivity contribution in [2.45, 2.75) is 0 Å². The molecular formula is C19H15FN6O2. The summed E-state index contributed by atoms with van der Waals surface area (Å²) in [7, 11) is 0. The van der Waals surface area contributed by atoms with Crippen LogP contribution in [0.1, 0.15) is 11.5 Å². The van der Waals surface area contributed by atoms with Gasteiger partial charge in [-0.05, 0) is 36.4 Å². The maximum atomic E-state index is 14.3. The highest BCUT2D eigenvalue weighted by atomic mass is 19.1. The first-order valence-electron chi connectivity index (χ1n) is 8.22. The van der Waals surface area contributed by atoms with Gasteiger partial charge in [0.25, 0.3) is 5.89 Å². The van der Waals surface area contributed by atoms with Crippen molar-refractivity contribution in [2.24, 2.45) is 11.6 Å². The van der Waals surface area contributed by atoms with E-state index in [0.717, 1.165) is 5.01 Å². The number of nitrogens with two attached hydrogens (primary N) is 2. The van der Waals surface area contributed by atoms with Crippen LogP contribution in [0, 0.1) is 5.82 Å². The van der Waals surface area contributed by atoms with E-state index in [9.17, 15) is 4.39 Å². The van der Waals surface area contributed by atoms with Gasteiger partial charge in [0.15, 0.2) is 5.76 Å². The zero-order valence-electron chi connectivity index (χ0n) is 14.5. The normalized spacial score (nSPS) is 11.9. The molecule has 0 aliphatic carbocycles. The molecule has 9 heteroatoms. The van der Waals surface area contributed by atoms with E-state index in [-0.39, 0.29) is 28.8 Å². The Morgan fingerprint density at radius 2 is 1.82 bits per heavy atom. The Kier molecular flexibility index (Phi) is 4.56. The van der Waals surface area contributed by atoms with Crippen LogP contribution in [0.5, 0.6) is 0 Å². The van der Waals surface area contributed by atoms with Crippen LogP contribution in [-0.2, 0) is 0 Å². The fourth-order valence-corrected chi connectivity index (χ4v) is 2.64.